The van der Waals surface area contributed by atoms with E-state index in [9.17, 15) is 13.9 Å². The zero-order valence-corrected chi connectivity index (χ0v) is 12.7. The van der Waals surface area contributed by atoms with E-state index in [4.69, 9.17) is 0 Å². The molecule has 0 bridgehead atoms. The molecule has 1 heterocycles. The summed E-state index contributed by atoms with van der Waals surface area (Å²) < 4.78 is 28.2. The maximum Gasteiger partial charge on any atom is 0.143 e. The average molecular weight is 393 g/mol. The standard InChI is InChI=1S/C13H9Br2F2NO/c14-8-3-4-10(16)7(12(8)17)6-11(19)13-9(15)2-1-5-18-13/h1-5,11,19H,6H2. The van der Waals surface area contributed by atoms with Crippen LogP contribution >= 0.6 is 31.9 Å². The summed E-state index contributed by atoms with van der Waals surface area (Å²) in [5, 5.41) is 10.1. The van der Waals surface area contributed by atoms with Gasteiger partial charge in [0.05, 0.1) is 10.2 Å². The van der Waals surface area contributed by atoms with Gasteiger partial charge in [-0.2, -0.15) is 0 Å². The lowest BCUT2D eigenvalue weighted by Gasteiger charge is -2.13. The second-order valence-electron chi connectivity index (χ2n) is 3.91. The van der Waals surface area contributed by atoms with Crippen LogP contribution in [0.15, 0.2) is 39.4 Å². The highest BCUT2D eigenvalue weighted by Crippen LogP contribution is 2.28. The summed E-state index contributed by atoms with van der Waals surface area (Å²) in [6.07, 6.45) is 0.234. The van der Waals surface area contributed by atoms with E-state index in [1.165, 1.54) is 12.3 Å². The van der Waals surface area contributed by atoms with Crippen molar-refractivity contribution >= 4 is 31.9 Å². The Balaban J connectivity index is 2.32. The van der Waals surface area contributed by atoms with Crippen molar-refractivity contribution in [1.29, 1.82) is 0 Å². The number of pyridine rings is 1. The monoisotopic (exact) mass is 391 g/mol. The third-order valence-corrected chi connectivity index (χ3v) is 3.92. The molecule has 0 saturated heterocycles. The number of benzene rings is 1. The van der Waals surface area contributed by atoms with Crippen LogP contribution in [0.25, 0.3) is 0 Å². The largest absolute Gasteiger partial charge is 0.386 e. The Labute approximate surface area is 125 Å². The zero-order valence-electron chi connectivity index (χ0n) is 9.58. The Morgan fingerprint density at radius 3 is 2.58 bits per heavy atom. The van der Waals surface area contributed by atoms with Crippen LogP contribution in [0.3, 0.4) is 0 Å². The van der Waals surface area contributed by atoms with Crippen molar-refractivity contribution < 1.29 is 13.9 Å². The summed E-state index contributed by atoms with van der Waals surface area (Å²) in [4.78, 5) is 4.00. The highest BCUT2D eigenvalue weighted by molar-refractivity contribution is 9.10. The van der Waals surface area contributed by atoms with Gasteiger partial charge >= 0.3 is 0 Å². The van der Waals surface area contributed by atoms with Crippen molar-refractivity contribution in [2.45, 2.75) is 12.5 Å². The lowest BCUT2D eigenvalue weighted by atomic mass is 10.0. The molecule has 0 spiro atoms. The molecule has 2 aromatic rings. The first-order valence-corrected chi connectivity index (χ1v) is 7.00. The molecule has 0 aliphatic heterocycles. The Kier molecular flexibility index (Phi) is 4.65. The minimum absolute atomic E-state index is 0.163. The van der Waals surface area contributed by atoms with Gasteiger partial charge in [-0.1, -0.05) is 0 Å². The minimum atomic E-state index is -1.09. The number of aliphatic hydroxyl groups excluding tert-OH is 1. The van der Waals surface area contributed by atoms with Crippen molar-refractivity contribution in [3.8, 4) is 0 Å². The zero-order chi connectivity index (χ0) is 14.0. The molecule has 6 heteroatoms. The summed E-state index contributed by atoms with van der Waals surface area (Å²) in [6.45, 7) is 0. The second kappa shape index (κ2) is 6.07. The fourth-order valence-corrected chi connectivity index (χ4v) is 2.58. The summed E-state index contributed by atoms with van der Waals surface area (Å²) in [5.41, 5.74) is 0.181. The van der Waals surface area contributed by atoms with Gasteiger partial charge in [0, 0.05) is 22.7 Å². The highest BCUT2D eigenvalue weighted by Gasteiger charge is 2.19. The van der Waals surface area contributed by atoms with Crippen LogP contribution in [-0.2, 0) is 6.42 Å². The Morgan fingerprint density at radius 1 is 1.16 bits per heavy atom. The Morgan fingerprint density at radius 2 is 1.89 bits per heavy atom. The first kappa shape index (κ1) is 14.6. The third kappa shape index (κ3) is 3.19. The summed E-state index contributed by atoms with van der Waals surface area (Å²) in [6, 6.07) is 5.85. The van der Waals surface area contributed by atoms with Crippen LogP contribution < -0.4 is 0 Å². The SMILES string of the molecule is OC(Cc1c(F)ccc(Br)c1F)c1ncccc1Br. The van der Waals surface area contributed by atoms with Gasteiger partial charge in [-0.3, -0.25) is 4.98 Å². The van der Waals surface area contributed by atoms with E-state index in [1.807, 2.05) is 0 Å². The lowest BCUT2D eigenvalue weighted by Crippen LogP contribution is -2.08. The van der Waals surface area contributed by atoms with E-state index in [0.29, 0.717) is 10.2 Å². The predicted molar refractivity (Wildman–Crippen MR) is 74.7 cm³/mol. The summed E-state index contributed by atoms with van der Waals surface area (Å²) >= 11 is 6.24. The van der Waals surface area contributed by atoms with Gasteiger partial charge in [0.2, 0.25) is 0 Å². The number of nitrogens with zero attached hydrogens (tertiary/aromatic N) is 1. The number of hydrogen-bond acceptors (Lipinski definition) is 2. The van der Waals surface area contributed by atoms with Gasteiger partial charge in [-0.05, 0) is 56.1 Å². The maximum atomic E-state index is 13.8. The summed E-state index contributed by atoms with van der Waals surface area (Å²) in [5.74, 6) is -1.39. The van der Waals surface area contributed by atoms with Crippen molar-refractivity contribution in [2.75, 3.05) is 0 Å². The normalized spacial score (nSPS) is 12.5. The van der Waals surface area contributed by atoms with Crippen LogP contribution in [0.2, 0.25) is 0 Å². The maximum absolute atomic E-state index is 13.8. The lowest BCUT2D eigenvalue weighted by molar-refractivity contribution is 0.170. The number of hydrogen-bond donors (Lipinski definition) is 1. The molecular weight excluding hydrogens is 384 g/mol. The second-order valence-corrected chi connectivity index (χ2v) is 5.62. The molecule has 2 nitrogen and oxygen atoms in total. The van der Waals surface area contributed by atoms with Crippen LogP contribution in [0.5, 0.6) is 0 Å². The van der Waals surface area contributed by atoms with E-state index in [2.05, 4.69) is 36.8 Å². The molecule has 0 aliphatic carbocycles. The van der Waals surface area contributed by atoms with Gasteiger partial charge in [0.1, 0.15) is 17.7 Å². The molecule has 0 radical (unpaired) electrons. The fourth-order valence-electron chi connectivity index (χ4n) is 1.69. The molecule has 19 heavy (non-hydrogen) atoms. The Bertz CT molecular complexity index is 607. The van der Waals surface area contributed by atoms with E-state index >= 15 is 0 Å². The summed E-state index contributed by atoms with van der Waals surface area (Å²) in [7, 11) is 0. The van der Waals surface area contributed by atoms with E-state index in [0.717, 1.165) is 6.07 Å². The molecule has 2 rings (SSSR count). The molecule has 1 aromatic carbocycles. The van der Waals surface area contributed by atoms with Gasteiger partial charge in [-0.15, -0.1) is 0 Å². The molecule has 1 aromatic heterocycles. The van der Waals surface area contributed by atoms with Crippen molar-refractivity contribution in [1.82, 2.24) is 4.98 Å². The highest BCUT2D eigenvalue weighted by atomic mass is 79.9. The van der Waals surface area contributed by atoms with Gasteiger partial charge in [-0.25, -0.2) is 8.78 Å². The molecule has 0 amide bonds. The molecule has 1 unspecified atom stereocenters. The topological polar surface area (TPSA) is 33.1 Å². The predicted octanol–water partition coefficient (Wildman–Crippen LogP) is 4.16. The van der Waals surface area contributed by atoms with Crippen LogP contribution in [0, 0.1) is 11.6 Å². The van der Waals surface area contributed by atoms with Crippen LogP contribution in [0.4, 0.5) is 8.78 Å². The average Bonchev–Trinajstić information content (AvgIpc) is 2.39. The smallest absolute Gasteiger partial charge is 0.143 e. The van der Waals surface area contributed by atoms with Crippen LogP contribution in [-0.4, -0.2) is 10.1 Å². The van der Waals surface area contributed by atoms with Crippen molar-refractivity contribution in [2.24, 2.45) is 0 Å². The number of aromatic nitrogens is 1. The fraction of sp³-hybridized carbons (Fsp3) is 0.154. The number of aliphatic hydroxyl groups is 1. The van der Waals surface area contributed by atoms with E-state index < -0.39 is 17.7 Å². The molecule has 0 saturated carbocycles. The van der Waals surface area contributed by atoms with E-state index in [-0.39, 0.29) is 16.5 Å². The number of halogens is 4. The molecule has 1 atom stereocenters. The van der Waals surface area contributed by atoms with Gasteiger partial charge in [0.25, 0.3) is 0 Å². The molecule has 0 aliphatic rings. The molecule has 1 N–H and O–H groups in total. The first-order chi connectivity index (χ1) is 9.00. The number of rotatable bonds is 3. The van der Waals surface area contributed by atoms with Crippen molar-refractivity contribution in [3.05, 3.63) is 62.3 Å². The van der Waals surface area contributed by atoms with E-state index in [1.54, 1.807) is 12.1 Å². The van der Waals surface area contributed by atoms with Gasteiger partial charge < -0.3 is 5.11 Å². The third-order valence-electron chi connectivity index (χ3n) is 2.64. The van der Waals surface area contributed by atoms with Crippen molar-refractivity contribution in [3.63, 3.8) is 0 Å². The minimum Gasteiger partial charge on any atom is -0.386 e. The first-order valence-electron chi connectivity index (χ1n) is 5.41. The van der Waals surface area contributed by atoms with Crippen LogP contribution in [0.1, 0.15) is 17.4 Å². The Hall–Kier alpha value is -0.850. The van der Waals surface area contributed by atoms with Gasteiger partial charge in [0.15, 0.2) is 0 Å². The molecular formula is C13H9Br2F2NO. The molecule has 100 valence electrons. The molecule has 0 fully saturated rings. The quantitative estimate of drug-likeness (QED) is 0.795.